The molecule has 13 nitrogen and oxygen atoms in total. The second kappa shape index (κ2) is 14.9. The summed E-state index contributed by atoms with van der Waals surface area (Å²) in [5.74, 6) is -4.52. The number of tetrazole rings is 1. The molecule has 2 unspecified atom stereocenters. The Morgan fingerprint density at radius 3 is 2.50 bits per heavy atom. The number of hydrogen-bond acceptors (Lipinski definition) is 11. The minimum absolute atomic E-state index is 0.0377. The zero-order valence-corrected chi connectivity index (χ0v) is 25.1. The minimum atomic E-state index is -1.61. The first-order valence-corrected chi connectivity index (χ1v) is 14.2. The molecule has 2 aromatic heterocycles. The summed E-state index contributed by atoms with van der Waals surface area (Å²) in [7, 11) is 3.18. The molecule has 0 aliphatic carbocycles. The Balaban J connectivity index is 1.72. The summed E-state index contributed by atoms with van der Waals surface area (Å²) < 4.78 is 54.8. The highest BCUT2D eigenvalue weighted by Gasteiger charge is 2.32. The third-order valence-corrected chi connectivity index (χ3v) is 7.63. The number of amides is 1. The Labute approximate surface area is 258 Å². The van der Waals surface area contributed by atoms with Gasteiger partial charge in [-0.2, -0.15) is 5.21 Å². The summed E-state index contributed by atoms with van der Waals surface area (Å²) in [5.41, 5.74) is -0.764. The molecule has 236 valence electrons. The molecule has 2 heterocycles. The van der Waals surface area contributed by atoms with Crippen LogP contribution in [0.15, 0.2) is 41.4 Å². The lowest BCUT2D eigenvalue weighted by Gasteiger charge is -2.31. The highest BCUT2D eigenvalue weighted by Crippen LogP contribution is 2.35. The molecular weight excluding hydrogens is 629 g/mol. The SMILES string of the molecule is C[C@@H](O)C(CO)OC(Sc1cc(Cl)ccc1C(=O)N(C)C)[C@H](Cn1cc(-c2cc(F)c(F)c(F)c2)nn1)OCc1nn[nH]n1. The van der Waals surface area contributed by atoms with Gasteiger partial charge in [-0.05, 0) is 37.3 Å². The molecule has 0 saturated carbocycles. The number of benzene rings is 2. The van der Waals surface area contributed by atoms with Crippen LogP contribution in [0, 0.1) is 17.5 Å². The van der Waals surface area contributed by atoms with Gasteiger partial charge in [0.05, 0.1) is 31.0 Å². The monoisotopic (exact) mass is 656 g/mol. The molecule has 0 fully saturated rings. The van der Waals surface area contributed by atoms with Gasteiger partial charge in [-0.25, -0.2) is 17.9 Å². The minimum Gasteiger partial charge on any atom is -0.394 e. The van der Waals surface area contributed by atoms with Crippen molar-refractivity contribution in [1.82, 2.24) is 40.5 Å². The zero-order chi connectivity index (χ0) is 32.0. The fraction of sp³-hybridized carbons (Fsp3) is 0.385. The van der Waals surface area contributed by atoms with Crippen molar-refractivity contribution in [1.29, 1.82) is 0 Å². The number of aliphatic hydroxyl groups excluding tert-OH is 2. The van der Waals surface area contributed by atoms with Gasteiger partial charge in [0.1, 0.15) is 29.9 Å². The summed E-state index contributed by atoms with van der Waals surface area (Å²) in [6.45, 7) is 0.600. The second-order valence-electron chi connectivity index (χ2n) is 9.68. The lowest BCUT2D eigenvalue weighted by molar-refractivity contribution is -0.116. The molecule has 4 aromatic rings. The fourth-order valence-electron chi connectivity index (χ4n) is 3.86. The van der Waals surface area contributed by atoms with Gasteiger partial charge in [0, 0.05) is 29.6 Å². The van der Waals surface area contributed by atoms with Crippen LogP contribution in [0.3, 0.4) is 0 Å². The Hall–Kier alpha value is -3.61. The fourth-order valence-corrected chi connectivity index (χ4v) is 5.34. The molecule has 0 aliphatic rings. The van der Waals surface area contributed by atoms with Crippen molar-refractivity contribution in [3.63, 3.8) is 0 Å². The van der Waals surface area contributed by atoms with Gasteiger partial charge in [0.15, 0.2) is 23.3 Å². The number of nitrogens with zero attached hydrogens (tertiary/aromatic N) is 7. The van der Waals surface area contributed by atoms with Gasteiger partial charge >= 0.3 is 0 Å². The van der Waals surface area contributed by atoms with Gasteiger partial charge in [0.25, 0.3) is 5.91 Å². The average molecular weight is 657 g/mol. The molecule has 0 bridgehead atoms. The van der Waals surface area contributed by atoms with Crippen LogP contribution in [-0.4, -0.2) is 101 Å². The largest absolute Gasteiger partial charge is 0.394 e. The normalized spacial score (nSPS) is 14.3. The topological polar surface area (TPSA) is 164 Å². The van der Waals surface area contributed by atoms with Gasteiger partial charge in [-0.3, -0.25) is 4.79 Å². The molecule has 2 aromatic carbocycles. The first-order valence-electron chi connectivity index (χ1n) is 13.0. The molecule has 0 saturated heterocycles. The quantitative estimate of drug-likeness (QED) is 0.104. The lowest BCUT2D eigenvalue weighted by atomic mass is 10.1. The van der Waals surface area contributed by atoms with E-state index in [1.165, 1.54) is 22.7 Å². The third kappa shape index (κ3) is 8.30. The van der Waals surface area contributed by atoms with Crippen molar-refractivity contribution < 1.29 is 37.7 Å². The average Bonchev–Trinajstić information content (AvgIpc) is 3.68. The number of carbonyl (C=O) groups is 1. The third-order valence-electron chi connectivity index (χ3n) is 6.15. The summed E-state index contributed by atoms with van der Waals surface area (Å²) in [6, 6.07) is 6.26. The number of rotatable bonds is 14. The van der Waals surface area contributed by atoms with Crippen molar-refractivity contribution in [2.24, 2.45) is 0 Å². The number of hydrogen-bond donors (Lipinski definition) is 3. The highest BCUT2D eigenvalue weighted by molar-refractivity contribution is 8.00. The smallest absolute Gasteiger partial charge is 0.254 e. The van der Waals surface area contributed by atoms with E-state index in [1.54, 1.807) is 32.3 Å². The number of halogens is 4. The Morgan fingerprint density at radius 2 is 1.89 bits per heavy atom. The maximum absolute atomic E-state index is 13.9. The number of H-pyrrole nitrogens is 1. The van der Waals surface area contributed by atoms with E-state index in [1.807, 2.05) is 0 Å². The molecule has 4 atom stereocenters. The maximum Gasteiger partial charge on any atom is 0.254 e. The lowest BCUT2D eigenvalue weighted by Crippen LogP contribution is -2.41. The van der Waals surface area contributed by atoms with Crippen LogP contribution < -0.4 is 0 Å². The summed E-state index contributed by atoms with van der Waals surface area (Å²) in [4.78, 5) is 14.8. The van der Waals surface area contributed by atoms with E-state index in [4.69, 9.17) is 21.1 Å². The van der Waals surface area contributed by atoms with Crippen molar-refractivity contribution in [3.05, 3.63) is 70.4 Å². The Morgan fingerprint density at radius 1 is 1.16 bits per heavy atom. The van der Waals surface area contributed by atoms with Gasteiger partial charge in [0.2, 0.25) is 0 Å². The molecule has 0 spiro atoms. The number of ether oxygens (including phenoxy) is 2. The van der Waals surface area contributed by atoms with Gasteiger partial charge in [-0.15, -0.1) is 15.3 Å². The first-order chi connectivity index (χ1) is 21.0. The summed E-state index contributed by atoms with van der Waals surface area (Å²) in [6.07, 6.45) is -1.81. The van der Waals surface area contributed by atoms with Gasteiger partial charge in [-0.1, -0.05) is 33.8 Å². The Kier molecular flexibility index (Phi) is 11.3. The molecule has 1 amide bonds. The van der Waals surface area contributed by atoms with E-state index in [9.17, 15) is 28.2 Å². The van der Waals surface area contributed by atoms with Crippen molar-refractivity contribution in [2.45, 2.75) is 48.7 Å². The zero-order valence-electron chi connectivity index (χ0n) is 23.6. The number of thioether (sulfide) groups is 1. The molecule has 3 N–H and O–H groups in total. The van der Waals surface area contributed by atoms with E-state index in [-0.39, 0.29) is 36.1 Å². The molecule has 0 radical (unpaired) electrons. The highest BCUT2D eigenvalue weighted by atomic mass is 35.5. The van der Waals surface area contributed by atoms with E-state index < -0.39 is 47.8 Å². The molecule has 18 heteroatoms. The predicted molar refractivity (Wildman–Crippen MR) is 151 cm³/mol. The van der Waals surface area contributed by atoms with Crippen LogP contribution in [0.4, 0.5) is 13.2 Å². The van der Waals surface area contributed by atoms with Crippen LogP contribution in [0.25, 0.3) is 11.3 Å². The summed E-state index contributed by atoms with van der Waals surface area (Å²) in [5, 5.41) is 42.1. The molecule has 4 rings (SSSR count). The van der Waals surface area contributed by atoms with E-state index in [0.29, 0.717) is 15.5 Å². The van der Waals surface area contributed by atoms with Crippen molar-refractivity contribution in [2.75, 3.05) is 20.7 Å². The summed E-state index contributed by atoms with van der Waals surface area (Å²) >= 11 is 7.32. The second-order valence-corrected chi connectivity index (χ2v) is 11.3. The standard InChI is InChI=1S/C26H28ClF3N8O5S/c1-13(40)21(11-39)43-26(44-22-8-15(27)4-5-16(22)25(41)37(2)3)20(42-12-23-32-34-35-33-23)10-38-9-19(31-36-38)14-6-17(28)24(30)18(29)7-14/h4-9,13,20-21,26,39-40H,10-12H2,1-3H3,(H,32,33,34,35)/t13-,20+,21?,26?/m1/s1. The molecule has 44 heavy (non-hydrogen) atoms. The van der Waals surface area contributed by atoms with Crippen LogP contribution in [0.2, 0.25) is 5.02 Å². The van der Waals surface area contributed by atoms with Crippen LogP contribution in [-0.2, 0) is 22.6 Å². The number of carbonyl (C=O) groups excluding carboxylic acids is 1. The van der Waals surface area contributed by atoms with Gasteiger partial charge < -0.3 is 24.6 Å². The number of aliphatic hydroxyl groups is 2. The van der Waals surface area contributed by atoms with E-state index in [2.05, 4.69) is 30.9 Å². The van der Waals surface area contributed by atoms with E-state index in [0.717, 1.165) is 23.9 Å². The first kappa shape index (κ1) is 33.3. The number of nitrogens with one attached hydrogen (secondary N) is 1. The van der Waals surface area contributed by atoms with Crippen LogP contribution >= 0.6 is 23.4 Å². The van der Waals surface area contributed by atoms with E-state index >= 15 is 0 Å². The van der Waals surface area contributed by atoms with Crippen molar-refractivity contribution >= 4 is 29.3 Å². The number of aromatic nitrogens is 7. The molecular formula is C26H28ClF3N8O5S. The predicted octanol–water partition coefficient (Wildman–Crippen LogP) is 2.69. The maximum atomic E-state index is 13.9. The molecule has 0 aliphatic heterocycles. The van der Waals surface area contributed by atoms with Crippen LogP contribution in [0.1, 0.15) is 23.1 Å². The van der Waals surface area contributed by atoms with Crippen LogP contribution in [0.5, 0.6) is 0 Å². The Bertz CT molecular complexity index is 1540. The number of aromatic amines is 1. The van der Waals surface area contributed by atoms with Crippen molar-refractivity contribution in [3.8, 4) is 11.3 Å².